The van der Waals surface area contributed by atoms with Gasteiger partial charge in [0.15, 0.2) is 5.13 Å². The van der Waals surface area contributed by atoms with Crippen LogP contribution < -0.4 is 5.32 Å². The lowest BCUT2D eigenvalue weighted by Crippen LogP contribution is -2.26. The highest BCUT2D eigenvalue weighted by molar-refractivity contribution is 9.10. The van der Waals surface area contributed by atoms with Crippen molar-refractivity contribution >= 4 is 60.1 Å². The molecule has 1 aromatic carbocycles. The number of hydrogen-bond donors (Lipinski definition) is 1. The van der Waals surface area contributed by atoms with Crippen LogP contribution in [0.3, 0.4) is 0 Å². The maximum absolute atomic E-state index is 12.1. The zero-order chi connectivity index (χ0) is 15.7. The van der Waals surface area contributed by atoms with E-state index in [9.17, 15) is 4.79 Å². The Morgan fingerprint density at radius 3 is 2.57 bits per heavy atom. The van der Waals surface area contributed by atoms with Gasteiger partial charge in [0.1, 0.15) is 0 Å². The van der Waals surface area contributed by atoms with Gasteiger partial charge in [-0.3, -0.25) is 4.79 Å². The van der Waals surface area contributed by atoms with Crippen LogP contribution in [-0.4, -0.2) is 15.7 Å². The van der Waals surface area contributed by atoms with Crippen LogP contribution in [-0.2, 0) is 4.79 Å². The van der Waals surface area contributed by atoms with Crippen LogP contribution >= 0.6 is 38.9 Å². The van der Waals surface area contributed by atoms with E-state index in [-0.39, 0.29) is 16.7 Å². The molecule has 0 bridgehead atoms. The molecular formula is C15H18BrClN2OS. The van der Waals surface area contributed by atoms with E-state index in [0.717, 1.165) is 15.8 Å². The van der Waals surface area contributed by atoms with Crippen LogP contribution in [0.5, 0.6) is 0 Å². The number of halogens is 2. The summed E-state index contributed by atoms with van der Waals surface area (Å²) < 4.78 is 0.997. The van der Waals surface area contributed by atoms with Gasteiger partial charge in [-0.2, -0.15) is 0 Å². The molecule has 3 nitrogen and oxygen atoms in total. The third-order valence-electron chi connectivity index (χ3n) is 3.18. The Bertz CT molecular complexity index is 669. The molecule has 6 heteroatoms. The summed E-state index contributed by atoms with van der Waals surface area (Å²) in [5.74, 6) is 0.484. The number of rotatable bonds is 4. The predicted octanol–water partition coefficient (Wildman–Crippen LogP) is 5.43. The zero-order valence-electron chi connectivity index (χ0n) is 12.4. The Labute approximate surface area is 142 Å². The van der Waals surface area contributed by atoms with Crippen molar-refractivity contribution in [1.29, 1.82) is 0 Å². The molecule has 1 heterocycles. The molecule has 1 aromatic heterocycles. The highest BCUT2D eigenvalue weighted by Crippen LogP contribution is 2.34. The molecule has 0 saturated carbocycles. The van der Waals surface area contributed by atoms with E-state index in [2.05, 4.69) is 40.1 Å². The number of alkyl halides is 1. The lowest BCUT2D eigenvalue weighted by Gasteiger charge is -2.11. The molecule has 0 aliphatic rings. The fraction of sp³-hybridized carbons (Fsp3) is 0.467. The monoisotopic (exact) mass is 388 g/mol. The second-order valence-electron chi connectivity index (χ2n) is 5.65. The maximum Gasteiger partial charge on any atom is 0.240 e. The second kappa shape index (κ2) is 6.63. The van der Waals surface area contributed by atoms with Gasteiger partial charge in [-0.25, -0.2) is 4.98 Å². The topological polar surface area (TPSA) is 42.0 Å². The van der Waals surface area contributed by atoms with E-state index in [4.69, 9.17) is 11.6 Å². The Balaban J connectivity index is 2.35. The van der Waals surface area contributed by atoms with Crippen molar-refractivity contribution < 1.29 is 4.79 Å². The smallest absolute Gasteiger partial charge is 0.240 e. The van der Waals surface area contributed by atoms with Crippen molar-refractivity contribution in [3.8, 4) is 0 Å². The summed E-state index contributed by atoms with van der Waals surface area (Å²) >= 11 is 11.0. The molecule has 21 heavy (non-hydrogen) atoms. The SMILES string of the molecule is CC(C)c1cc(Cl)cc2sc(NC(=O)C(Br)C(C)C)nc12. The molecule has 1 amide bonds. The standard InChI is InChI=1S/C15H18BrClN2OS/c1-7(2)10-5-9(17)6-11-13(10)18-15(21-11)19-14(20)12(16)8(3)4/h5-8,12H,1-4H3,(H,18,19,20). The molecule has 2 rings (SSSR count). The summed E-state index contributed by atoms with van der Waals surface area (Å²) in [6.45, 7) is 8.20. The fourth-order valence-corrected chi connectivity index (χ4v) is 3.34. The number of carbonyl (C=O) groups excluding carboxylic acids is 1. The number of benzene rings is 1. The summed E-state index contributed by atoms with van der Waals surface area (Å²) in [5.41, 5.74) is 2.03. The van der Waals surface area contributed by atoms with Gasteiger partial charge in [0.25, 0.3) is 0 Å². The number of thiazole rings is 1. The molecule has 0 saturated heterocycles. The van der Waals surface area contributed by atoms with Crippen LogP contribution in [0.25, 0.3) is 10.2 Å². The lowest BCUT2D eigenvalue weighted by atomic mass is 10.0. The number of anilines is 1. The number of carbonyl (C=O) groups is 1. The first-order chi connectivity index (χ1) is 9.79. The number of aromatic nitrogens is 1. The molecule has 0 radical (unpaired) electrons. The average molecular weight is 390 g/mol. The van der Waals surface area contributed by atoms with Gasteiger partial charge in [0.05, 0.1) is 15.0 Å². The molecule has 2 aromatic rings. The van der Waals surface area contributed by atoms with Crippen LogP contribution in [0.1, 0.15) is 39.2 Å². The van der Waals surface area contributed by atoms with Crippen molar-refractivity contribution in [2.45, 2.75) is 38.4 Å². The Morgan fingerprint density at radius 1 is 1.33 bits per heavy atom. The summed E-state index contributed by atoms with van der Waals surface area (Å²) in [5, 5.41) is 4.19. The minimum absolute atomic E-state index is 0.0683. The van der Waals surface area contributed by atoms with Gasteiger partial charge in [-0.15, -0.1) is 0 Å². The number of nitrogens with one attached hydrogen (secondary N) is 1. The zero-order valence-corrected chi connectivity index (χ0v) is 15.6. The summed E-state index contributed by atoms with van der Waals surface area (Å²) in [7, 11) is 0. The van der Waals surface area contributed by atoms with Crippen LogP contribution in [0.15, 0.2) is 12.1 Å². The van der Waals surface area contributed by atoms with E-state index in [0.29, 0.717) is 16.1 Å². The highest BCUT2D eigenvalue weighted by Gasteiger charge is 2.20. The minimum atomic E-state index is -0.224. The van der Waals surface area contributed by atoms with Gasteiger partial charge in [-0.05, 0) is 29.5 Å². The minimum Gasteiger partial charge on any atom is -0.301 e. The fourth-order valence-electron chi connectivity index (χ4n) is 1.99. The van der Waals surface area contributed by atoms with Crippen LogP contribution in [0.4, 0.5) is 5.13 Å². The second-order valence-corrected chi connectivity index (χ2v) is 8.10. The Kier molecular flexibility index (Phi) is 5.28. The summed E-state index contributed by atoms with van der Waals surface area (Å²) in [4.78, 5) is 16.4. The largest absolute Gasteiger partial charge is 0.301 e. The Morgan fingerprint density at radius 2 is 2.00 bits per heavy atom. The van der Waals surface area contributed by atoms with Gasteiger partial charge < -0.3 is 5.32 Å². The summed E-state index contributed by atoms with van der Waals surface area (Å²) in [6, 6.07) is 3.84. The molecule has 0 spiro atoms. The van der Waals surface area contributed by atoms with Crippen molar-refractivity contribution in [3.63, 3.8) is 0 Å². The third-order valence-corrected chi connectivity index (χ3v) is 5.79. The number of nitrogens with zero attached hydrogens (tertiary/aromatic N) is 1. The normalized spacial score (nSPS) is 13.1. The van der Waals surface area contributed by atoms with E-state index >= 15 is 0 Å². The van der Waals surface area contributed by atoms with Gasteiger partial charge in [0.2, 0.25) is 5.91 Å². The molecule has 114 valence electrons. The third kappa shape index (κ3) is 3.76. The molecule has 1 unspecified atom stereocenters. The van der Waals surface area contributed by atoms with Gasteiger partial charge in [-0.1, -0.05) is 66.6 Å². The van der Waals surface area contributed by atoms with E-state index < -0.39 is 0 Å². The summed E-state index contributed by atoms with van der Waals surface area (Å²) in [6.07, 6.45) is 0. The number of fused-ring (bicyclic) bond motifs is 1. The molecule has 1 atom stereocenters. The van der Waals surface area contributed by atoms with E-state index in [1.54, 1.807) is 0 Å². The number of hydrogen-bond acceptors (Lipinski definition) is 3. The van der Waals surface area contributed by atoms with Gasteiger partial charge >= 0.3 is 0 Å². The molecular weight excluding hydrogens is 372 g/mol. The van der Waals surface area contributed by atoms with Crippen LogP contribution in [0.2, 0.25) is 5.02 Å². The average Bonchev–Trinajstić information content (AvgIpc) is 2.78. The predicted molar refractivity (Wildman–Crippen MR) is 94.9 cm³/mol. The van der Waals surface area contributed by atoms with Crippen molar-refractivity contribution in [2.24, 2.45) is 5.92 Å². The first kappa shape index (κ1) is 16.7. The van der Waals surface area contributed by atoms with E-state index in [1.165, 1.54) is 11.3 Å². The Hall–Kier alpha value is -0.650. The molecule has 0 aliphatic carbocycles. The molecule has 0 aliphatic heterocycles. The van der Waals surface area contributed by atoms with Gasteiger partial charge in [0, 0.05) is 5.02 Å². The van der Waals surface area contributed by atoms with Crippen molar-refractivity contribution in [3.05, 3.63) is 22.7 Å². The van der Waals surface area contributed by atoms with Crippen LogP contribution in [0, 0.1) is 5.92 Å². The maximum atomic E-state index is 12.1. The molecule has 0 fully saturated rings. The molecule has 1 N–H and O–H groups in total. The first-order valence-corrected chi connectivity index (χ1v) is 8.95. The first-order valence-electron chi connectivity index (χ1n) is 6.84. The highest BCUT2D eigenvalue weighted by atomic mass is 79.9. The van der Waals surface area contributed by atoms with Crippen molar-refractivity contribution in [2.75, 3.05) is 5.32 Å². The van der Waals surface area contributed by atoms with Crippen molar-refractivity contribution in [1.82, 2.24) is 4.98 Å². The van der Waals surface area contributed by atoms with E-state index in [1.807, 2.05) is 26.0 Å². The quantitative estimate of drug-likeness (QED) is 0.708. The number of amides is 1. The lowest BCUT2D eigenvalue weighted by molar-refractivity contribution is -0.116.